The van der Waals surface area contributed by atoms with E-state index in [1.165, 1.54) is 35.7 Å². The molecule has 2 aromatic rings. The minimum atomic E-state index is -3.49. The first-order valence-electron chi connectivity index (χ1n) is 7.92. The molecule has 1 amide bonds. The van der Waals surface area contributed by atoms with Crippen molar-refractivity contribution >= 4 is 15.9 Å². The third kappa shape index (κ3) is 5.53. The molecule has 0 aromatic heterocycles. The quantitative estimate of drug-likeness (QED) is 0.760. The molecule has 0 unspecified atom stereocenters. The molecule has 1 N–H and O–H groups in total. The van der Waals surface area contributed by atoms with Crippen LogP contribution in [-0.2, 0) is 16.6 Å². The number of nitrogens with zero attached hydrogens (tertiary/aromatic N) is 1. The highest BCUT2D eigenvalue weighted by Gasteiger charge is 2.18. The predicted octanol–water partition coefficient (Wildman–Crippen LogP) is 2.03. The van der Waals surface area contributed by atoms with Gasteiger partial charge in [0.2, 0.25) is 10.0 Å². The van der Waals surface area contributed by atoms with E-state index in [1.54, 1.807) is 24.3 Å². The third-order valence-electron chi connectivity index (χ3n) is 3.74. The summed E-state index contributed by atoms with van der Waals surface area (Å²) in [6.07, 6.45) is 1.10. The van der Waals surface area contributed by atoms with Crippen molar-refractivity contribution in [2.24, 2.45) is 0 Å². The number of carbonyl (C=O) groups is 1. The van der Waals surface area contributed by atoms with E-state index in [9.17, 15) is 17.6 Å². The molecule has 0 heterocycles. The zero-order valence-electron chi connectivity index (χ0n) is 14.6. The summed E-state index contributed by atoms with van der Waals surface area (Å²) >= 11 is 0. The lowest BCUT2D eigenvalue weighted by Crippen LogP contribution is -2.37. The first-order valence-corrected chi connectivity index (χ1v) is 9.77. The van der Waals surface area contributed by atoms with Crippen LogP contribution in [0.1, 0.15) is 15.9 Å². The number of methoxy groups -OCH3 is 1. The molecular weight excluding hydrogens is 359 g/mol. The zero-order chi connectivity index (χ0) is 19.2. The lowest BCUT2D eigenvalue weighted by molar-refractivity contribution is 0.0948. The van der Waals surface area contributed by atoms with Crippen LogP contribution in [0.3, 0.4) is 0 Å². The SMILES string of the molecule is COc1ccccc1C(=O)NCCN(Cc1ccc(F)cc1)S(C)(=O)=O. The van der Waals surface area contributed by atoms with Gasteiger partial charge in [-0.1, -0.05) is 24.3 Å². The Kier molecular flexibility index (Phi) is 6.70. The maximum Gasteiger partial charge on any atom is 0.255 e. The van der Waals surface area contributed by atoms with E-state index in [1.807, 2.05) is 0 Å². The summed E-state index contributed by atoms with van der Waals surface area (Å²) in [5, 5.41) is 2.69. The average Bonchev–Trinajstić information content (AvgIpc) is 2.61. The van der Waals surface area contributed by atoms with Crippen molar-refractivity contribution in [1.29, 1.82) is 0 Å². The molecule has 140 valence electrons. The highest BCUT2D eigenvalue weighted by molar-refractivity contribution is 7.88. The van der Waals surface area contributed by atoms with E-state index in [4.69, 9.17) is 4.74 Å². The third-order valence-corrected chi connectivity index (χ3v) is 4.99. The fourth-order valence-electron chi connectivity index (χ4n) is 2.38. The molecule has 0 aliphatic carbocycles. The van der Waals surface area contributed by atoms with Gasteiger partial charge < -0.3 is 10.1 Å². The highest BCUT2D eigenvalue weighted by atomic mass is 32.2. The fourth-order valence-corrected chi connectivity index (χ4v) is 3.18. The van der Waals surface area contributed by atoms with E-state index in [-0.39, 0.29) is 31.4 Å². The standard InChI is InChI=1S/C18H21FN2O4S/c1-25-17-6-4-3-5-16(17)18(22)20-11-12-21(26(2,23)24)13-14-7-9-15(19)10-8-14/h3-10H,11-13H2,1-2H3,(H,20,22). The van der Waals surface area contributed by atoms with Crippen molar-refractivity contribution in [3.05, 3.63) is 65.5 Å². The van der Waals surface area contributed by atoms with Gasteiger partial charge in [-0.3, -0.25) is 4.79 Å². The topological polar surface area (TPSA) is 75.7 Å². The minimum absolute atomic E-state index is 0.0943. The van der Waals surface area contributed by atoms with Crippen LogP contribution >= 0.6 is 0 Å². The maximum atomic E-state index is 13.0. The second kappa shape index (κ2) is 8.77. The fraction of sp³-hybridized carbons (Fsp3) is 0.278. The molecule has 0 aliphatic rings. The number of sulfonamides is 1. The molecule has 2 rings (SSSR count). The van der Waals surface area contributed by atoms with Gasteiger partial charge in [0.15, 0.2) is 0 Å². The first kappa shape index (κ1) is 19.9. The molecule has 8 heteroatoms. The summed E-state index contributed by atoms with van der Waals surface area (Å²) in [6, 6.07) is 12.4. The molecule has 0 bridgehead atoms. The van der Waals surface area contributed by atoms with Gasteiger partial charge in [0.1, 0.15) is 11.6 Å². The monoisotopic (exact) mass is 380 g/mol. The molecule has 0 saturated carbocycles. The maximum absolute atomic E-state index is 13.0. The number of ether oxygens (including phenoxy) is 1. The van der Waals surface area contributed by atoms with E-state index >= 15 is 0 Å². The number of hydrogen-bond acceptors (Lipinski definition) is 4. The highest BCUT2D eigenvalue weighted by Crippen LogP contribution is 2.16. The smallest absolute Gasteiger partial charge is 0.255 e. The van der Waals surface area contributed by atoms with Gasteiger partial charge in [0.05, 0.1) is 18.9 Å². The van der Waals surface area contributed by atoms with Crippen LogP contribution in [0, 0.1) is 5.82 Å². The van der Waals surface area contributed by atoms with Gasteiger partial charge in [-0.25, -0.2) is 12.8 Å². The Hall–Kier alpha value is -2.45. The van der Waals surface area contributed by atoms with Crippen LogP contribution < -0.4 is 10.1 Å². The molecule has 26 heavy (non-hydrogen) atoms. The molecule has 0 saturated heterocycles. The van der Waals surface area contributed by atoms with Gasteiger partial charge in [-0.05, 0) is 29.8 Å². The number of nitrogens with one attached hydrogen (secondary N) is 1. The van der Waals surface area contributed by atoms with E-state index in [0.717, 1.165) is 6.26 Å². The number of amides is 1. The van der Waals surface area contributed by atoms with Gasteiger partial charge in [-0.2, -0.15) is 4.31 Å². The number of carbonyl (C=O) groups excluding carboxylic acids is 1. The molecule has 0 fully saturated rings. The van der Waals surface area contributed by atoms with Gasteiger partial charge in [0, 0.05) is 19.6 Å². The molecule has 0 spiro atoms. The first-order chi connectivity index (χ1) is 12.3. The Morgan fingerprint density at radius 2 is 1.81 bits per heavy atom. The molecule has 0 aliphatic heterocycles. The van der Waals surface area contributed by atoms with E-state index < -0.39 is 10.0 Å². The summed E-state index contributed by atoms with van der Waals surface area (Å²) in [7, 11) is -2.01. The predicted molar refractivity (Wildman–Crippen MR) is 97.0 cm³/mol. The molecule has 2 aromatic carbocycles. The van der Waals surface area contributed by atoms with Gasteiger partial charge >= 0.3 is 0 Å². The van der Waals surface area contributed by atoms with Gasteiger partial charge in [0.25, 0.3) is 5.91 Å². The summed E-state index contributed by atoms with van der Waals surface area (Å²) in [5.41, 5.74) is 1.03. The lowest BCUT2D eigenvalue weighted by Gasteiger charge is -2.20. The van der Waals surface area contributed by atoms with Crippen LogP contribution in [0.5, 0.6) is 5.75 Å². The van der Waals surface area contributed by atoms with Crippen molar-refractivity contribution in [3.8, 4) is 5.75 Å². The molecule has 0 atom stereocenters. The van der Waals surface area contributed by atoms with Crippen LogP contribution in [-0.4, -0.2) is 45.1 Å². The summed E-state index contributed by atoms with van der Waals surface area (Å²) in [4.78, 5) is 12.3. The van der Waals surface area contributed by atoms with Crippen LogP contribution in [0.2, 0.25) is 0 Å². The Morgan fingerprint density at radius 1 is 1.15 bits per heavy atom. The van der Waals surface area contributed by atoms with Crippen molar-refractivity contribution in [2.45, 2.75) is 6.54 Å². The zero-order valence-corrected chi connectivity index (χ0v) is 15.4. The number of hydrogen-bond donors (Lipinski definition) is 1. The number of benzene rings is 2. The Bertz CT molecular complexity index is 854. The van der Waals surface area contributed by atoms with Crippen LogP contribution in [0.25, 0.3) is 0 Å². The molecule has 6 nitrogen and oxygen atoms in total. The summed E-state index contributed by atoms with van der Waals surface area (Å²) in [6.45, 7) is 0.325. The number of rotatable bonds is 8. The number of para-hydroxylation sites is 1. The Balaban J connectivity index is 1.99. The van der Waals surface area contributed by atoms with Crippen LogP contribution in [0.15, 0.2) is 48.5 Å². The largest absolute Gasteiger partial charge is 0.496 e. The van der Waals surface area contributed by atoms with Crippen molar-refractivity contribution < 1.29 is 22.3 Å². The summed E-state index contributed by atoms with van der Waals surface area (Å²) < 4.78 is 43.3. The van der Waals surface area contributed by atoms with E-state index in [2.05, 4.69) is 5.32 Å². The summed E-state index contributed by atoms with van der Waals surface area (Å²) in [5.74, 6) is -0.294. The molecule has 0 radical (unpaired) electrons. The second-order valence-corrected chi connectivity index (χ2v) is 7.66. The average molecular weight is 380 g/mol. The second-order valence-electron chi connectivity index (χ2n) is 5.68. The van der Waals surface area contributed by atoms with Crippen molar-refractivity contribution in [3.63, 3.8) is 0 Å². The number of halogens is 1. The Labute approximate surface area is 152 Å². The minimum Gasteiger partial charge on any atom is -0.496 e. The van der Waals surface area contributed by atoms with E-state index in [0.29, 0.717) is 16.9 Å². The lowest BCUT2D eigenvalue weighted by atomic mass is 10.2. The van der Waals surface area contributed by atoms with Crippen molar-refractivity contribution in [2.75, 3.05) is 26.5 Å². The Morgan fingerprint density at radius 3 is 2.42 bits per heavy atom. The van der Waals surface area contributed by atoms with Crippen molar-refractivity contribution in [1.82, 2.24) is 9.62 Å². The molecular formula is C18H21FN2O4S. The normalized spacial score (nSPS) is 11.4. The van der Waals surface area contributed by atoms with Gasteiger partial charge in [-0.15, -0.1) is 0 Å². The van der Waals surface area contributed by atoms with Crippen LogP contribution in [0.4, 0.5) is 4.39 Å².